The lowest BCUT2D eigenvalue weighted by atomic mass is 9.80. The molecule has 4 rings (SSSR count). The Labute approximate surface area is 373 Å². The normalized spacial score (nSPS) is 11.2. The van der Waals surface area contributed by atoms with Crippen molar-refractivity contribution in [2.75, 3.05) is 13.2 Å². The summed E-state index contributed by atoms with van der Waals surface area (Å²) in [5, 5.41) is 22.5. The fourth-order valence-corrected chi connectivity index (χ4v) is 8.42. The lowest BCUT2D eigenvalue weighted by Gasteiger charge is -2.24. The number of carbonyl (C=O) groups is 1. The first-order valence-corrected chi connectivity index (χ1v) is 24.2. The number of hydrogen-bond donors (Lipinski definition) is 1. The molecule has 8 heteroatoms. The van der Waals surface area contributed by atoms with Crippen molar-refractivity contribution >= 4 is 11.8 Å². The number of carboxylic acid groups (broad SMARTS) is 1. The number of nitro groups is 1. The van der Waals surface area contributed by atoms with Crippen LogP contribution in [0.5, 0.6) is 17.2 Å². The van der Waals surface area contributed by atoms with Gasteiger partial charge >= 0.3 is 6.16 Å². The molecule has 62 heavy (non-hydrogen) atoms. The second-order valence-corrected chi connectivity index (χ2v) is 16.9. The van der Waals surface area contributed by atoms with E-state index in [0.29, 0.717) is 29.9 Å². The zero-order valence-electron chi connectivity index (χ0n) is 38.0. The molecule has 8 nitrogen and oxygen atoms in total. The van der Waals surface area contributed by atoms with Crippen molar-refractivity contribution < 1.29 is 29.0 Å². The van der Waals surface area contributed by atoms with E-state index >= 15 is 0 Å². The third-order valence-corrected chi connectivity index (χ3v) is 11.9. The van der Waals surface area contributed by atoms with Gasteiger partial charge in [0.1, 0.15) is 17.2 Å². The summed E-state index contributed by atoms with van der Waals surface area (Å²) in [6, 6.07) is 27.3. The molecule has 0 aliphatic carbocycles. The predicted molar refractivity (Wildman–Crippen MR) is 254 cm³/mol. The fraction of sp³-hybridized carbons (Fsp3) is 0.537. The fourth-order valence-electron chi connectivity index (χ4n) is 8.42. The molecule has 0 aromatic heterocycles. The van der Waals surface area contributed by atoms with Crippen LogP contribution in [0, 0.1) is 10.1 Å². The molecule has 0 aliphatic rings. The van der Waals surface area contributed by atoms with E-state index in [1.807, 2.05) is 66.7 Å². The molecule has 0 aliphatic heterocycles. The van der Waals surface area contributed by atoms with E-state index in [9.17, 15) is 20.0 Å². The van der Waals surface area contributed by atoms with Gasteiger partial charge in [0.2, 0.25) is 0 Å². The molecule has 338 valence electrons. The van der Waals surface area contributed by atoms with Gasteiger partial charge in [-0.05, 0) is 59.9 Å². The lowest BCUT2D eigenvalue weighted by Crippen LogP contribution is -2.12. The Bertz CT molecular complexity index is 1740. The monoisotopic (exact) mass is 850 g/mol. The van der Waals surface area contributed by atoms with Crippen LogP contribution in [-0.4, -0.2) is 29.4 Å². The summed E-state index contributed by atoms with van der Waals surface area (Å²) in [5.74, 6) is 0.879. The van der Waals surface area contributed by atoms with E-state index in [1.54, 1.807) is 12.1 Å². The quantitative estimate of drug-likeness (QED) is 0.0124. The Hall–Kier alpha value is -4.85. The second-order valence-electron chi connectivity index (χ2n) is 16.9. The number of ether oxygens (including phenoxy) is 3. The van der Waals surface area contributed by atoms with Gasteiger partial charge in [-0.3, -0.25) is 10.1 Å². The molecule has 0 fully saturated rings. The van der Waals surface area contributed by atoms with Crippen molar-refractivity contribution in [3.63, 3.8) is 0 Å². The van der Waals surface area contributed by atoms with Gasteiger partial charge in [0, 0.05) is 17.5 Å². The van der Waals surface area contributed by atoms with Crippen molar-refractivity contribution in [2.45, 2.75) is 174 Å². The topological polar surface area (TPSA) is 108 Å². The molecule has 0 heterocycles. The van der Waals surface area contributed by atoms with Crippen molar-refractivity contribution in [3.8, 4) is 28.4 Å². The molecule has 4 aromatic rings. The summed E-state index contributed by atoms with van der Waals surface area (Å²) in [6.07, 6.45) is 29.3. The minimum Gasteiger partial charge on any atom is -0.494 e. The highest BCUT2D eigenvalue weighted by molar-refractivity contribution is 5.82. The first-order chi connectivity index (χ1) is 30.4. The number of benzene rings is 4. The average molecular weight is 850 g/mol. The van der Waals surface area contributed by atoms with Crippen LogP contribution >= 0.6 is 0 Å². The highest BCUT2D eigenvalue weighted by Crippen LogP contribution is 2.47. The highest BCUT2D eigenvalue weighted by Gasteiger charge is 2.31. The molecular formula is C54H75NO7. The van der Waals surface area contributed by atoms with Crippen LogP contribution in [0.25, 0.3) is 11.1 Å². The van der Waals surface area contributed by atoms with Gasteiger partial charge in [-0.25, -0.2) is 4.79 Å². The van der Waals surface area contributed by atoms with Gasteiger partial charge in [-0.15, -0.1) is 0 Å². The largest absolute Gasteiger partial charge is 0.511 e. The van der Waals surface area contributed by atoms with Crippen LogP contribution in [0.3, 0.4) is 0 Å². The average Bonchev–Trinajstić information content (AvgIpc) is 3.28. The van der Waals surface area contributed by atoms with Gasteiger partial charge in [0.05, 0.1) is 23.7 Å². The van der Waals surface area contributed by atoms with Crippen LogP contribution in [-0.2, 0) is 0 Å². The van der Waals surface area contributed by atoms with Crippen molar-refractivity contribution in [1.82, 2.24) is 0 Å². The maximum atomic E-state index is 12.6. The number of hydrogen-bond acceptors (Lipinski definition) is 6. The van der Waals surface area contributed by atoms with E-state index in [1.165, 1.54) is 141 Å². The standard InChI is InChI=1S/C54H75NO7/c1-3-5-7-9-11-13-15-17-19-21-23-28-42-60-47-36-32-45(33-37-47)51(53-50(62-54(56)57)41-40-49(55(58)59)52(53)44-30-26-25-27-31-44)46-34-38-48(39-35-46)61-43-29-24-22-20-18-16-14-12-10-8-6-4-2/h25-27,30-41,51H,3-24,28-29,42-43H2,1-2H3,(H,56,57). The van der Waals surface area contributed by atoms with Crippen molar-refractivity contribution in [3.05, 3.63) is 118 Å². The van der Waals surface area contributed by atoms with Gasteiger partial charge < -0.3 is 19.3 Å². The summed E-state index contributed by atoms with van der Waals surface area (Å²) in [5.41, 5.74) is 2.75. The second kappa shape index (κ2) is 30.2. The summed E-state index contributed by atoms with van der Waals surface area (Å²) in [7, 11) is 0. The minimum atomic E-state index is -1.50. The van der Waals surface area contributed by atoms with Crippen LogP contribution in [0.4, 0.5) is 10.5 Å². The molecule has 4 aromatic carbocycles. The van der Waals surface area contributed by atoms with Gasteiger partial charge in [0.15, 0.2) is 0 Å². The Morgan fingerprint density at radius 3 is 1.29 bits per heavy atom. The first kappa shape index (κ1) is 49.8. The van der Waals surface area contributed by atoms with Crippen molar-refractivity contribution in [1.29, 1.82) is 0 Å². The lowest BCUT2D eigenvalue weighted by molar-refractivity contribution is -0.384. The Morgan fingerprint density at radius 1 is 0.532 bits per heavy atom. The Balaban J connectivity index is 1.44. The zero-order chi connectivity index (χ0) is 44.0. The molecule has 0 amide bonds. The van der Waals surface area contributed by atoms with Crippen LogP contribution < -0.4 is 14.2 Å². The smallest absolute Gasteiger partial charge is 0.494 e. The molecule has 1 N–H and O–H groups in total. The SMILES string of the molecule is CCCCCCCCCCCCCCOc1ccc(C(c2ccc(OCCCCCCCCCCCCCC)cc2)c2c(OC(=O)O)ccc([N+](=O)[O-])c2-c2ccccc2)cc1. The number of nitrogens with zero attached hydrogens (tertiary/aromatic N) is 1. The van der Waals surface area contributed by atoms with E-state index in [4.69, 9.17) is 14.2 Å². The number of unbranched alkanes of at least 4 members (excludes halogenated alkanes) is 22. The summed E-state index contributed by atoms with van der Waals surface area (Å²) < 4.78 is 17.8. The summed E-state index contributed by atoms with van der Waals surface area (Å²) in [6.45, 7) is 5.77. The summed E-state index contributed by atoms with van der Waals surface area (Å²) in [4.78, 5) is 24.3. The molecule has 0 atom stereocenters. The molecule has 0 bridgehead atoms. The van der Waals surface area contributed by atoms with E-state index in [2.05, 4.69) is 13.8 Å². The third kappa shape index (κ3) is 18.2. The van der Waals surface area contributed by atoms with E-state index in [0.717, 1.165) is 48.3 Å². The Kier molecular flexibility index (Phi) is 24.3. The molecular weight excluding hydrogens is 775 g/mol. The number of nitro benzene ring substituents is 1. The third-order valence-electron chi connectivity index (χ3n) is 11.9. The van der Waals surface area contributed by atoms with Gasteiger partial charge in [-0.2, -0.15) is 0 Å². The highest BCUT2D eigenvalue weighted by atomic mass is 16.7. The maximum Gasteiger partial charge on any atom is 0.511 e. The van der Waals surface area contributed by atoms with Crippen molar-refractivity contribution in [2.24, 2.45) is 0 Å². The molecule has 0 unspecified atom stereocenters. The number of rotatable bonds is 34. The van der Waals surface area contributed by atoms with Crippen LogP contribution in [0.2, 0.25) is 0 Å². The predicted octanol–water partition coefficient (Wildman–Crippen LogP) is 16.7. The van der Waals surface area contributed by atoms with Gasteiger partial charge in [-0.1, -0.05) is 210 Å². The Morgan fingerprint density at radius 2 is 0.919 bits per heavy atom. The molecule has 0 spiro atoms. The van der Waals surface area contributed by atoms with Gasteiger partial charge in [0.25, 0.3) is 5.69 Å². The van der Waals surface area contributed by atoms with Crippen LogP contribution in [0.1, 0.15) is 191 Å². The molecule has 0 radical (unpaired) electrons. The first-order valence-electron chi connectivity index (χ1n) is 24.2. The van der Waals surface area contributed by atoms with E-state index < -0.39 is 17.0 Å². The van der Waals surface area contributed by atoms with Crippen LogP contribution in [0.15, 0.2) is 91.0 Å². The minimum absolute atomic E-state index is 0.0338. The zero-order valence-corrected chi connectivity index (χ0v) is 38.0. The molecule has 0 saturated heterocycles. The molecule has 0 saturated carbocycles. The van der Waals surface area contributed by atoms with E-state index in [-0.39, 0.29) is 11.4 Å². The maximum absolute atomic E-state index is 12.6. The summed E-state index contributed by atoms with van der Waals surface area (Å²) >= 11 is 0.